The molecule has 202 valence electrons. The average Bonchev–Trinajstić information content (AvgIpc) is 2.94. The van der Waals surface area contributed by atoms with Gasteiger partial charge in [-0.2, -0.15) is 0 Å². The van der Waals surface area contributed by atoms with E-state index in [1.54, 1.807) is 31.2 Å². The van der Waals surface area contributed by atoms with E-state index in [4.69, 9.17) is 25.8 Å². The molecule has 8 nitrogen and oxygen atoms in total. The van der Waals surface area contributed by atoms with Gasteiger partial charge in [0, 0.05) is 24.1 Å². The summed E-state index contributed by atoms with van der Waals surface area (Å²) in [6.07, 6.45) is -0.971. The highest BCUT2D eigenvalue weighted by molar-refractivity contribution is 6.32. The lowest BCUT2D eigenvalue weighted by atomic mass is 9.96. The summed E-state index contributed by atoms with van der Waals surface area (Å²) >= 11 is 6.24. The summed E-state index contributed by atoms with van der Waals surface area (Å²) in [5.74, 6) is -0.666. The standard InChI is InChI=1S/C30H29ClN2O6/c1-6-23(28(34)32-22-15-21(31)24(37-4)16-25(22)38-5)39-30(36)27-26(18-13-11-17(2)12-14-18)19-9-7-8-10-20(19)29(35)33(27)3/h7-16,23H,6H2,1-5H3,(H,32,34). The van der Waals surface area contributed by atoms with Gasteiger partial charge in [-0.1, -0.05) is 66.6 Å². The van der Waals surface area contributed by atoms with E-state index in [2.05, 4.69) is 5.32 Å². The van der Waals surface area contributed by atoms with Crippen molar-refractivity contribution >= 4 is 39.9 Å². The van der Waals surface area contributed by atoms with Crippen molar-refractivity contribution in [1.29, 1.82) is 0 Å². The van der Waals surface area contributed by atoms with E-state index in [1.165, 1.54) is 31.9 Å². The van der Waals surface area contributed by atoms with Gasteiger partial charge in [-0.05, 0) is 36.4 Å². The highest BCUT2D eigenvalue weighted by atomic mass is 35.5. The van der Waals surface area contributed by atoms with Crippen molar-refractivity contribution in [3.63, 3.8) is 0 Å². The van der Waals surface area contributed by atoms with Crippen LogP contribution in [0.15, 0.2) is 65.5 Å². The van der Waals surface area contributed by atoms with Gasteiger partial charge in [-0.3, -0.25) is 9.59 Å². The number of nitrogens with one attached hydrogen (secondary N) is 1. The Balaban J connectivity index is 1.73. The molecule has 1 atom stereocenters. The molecule has 1 amide bonds. The number of aryl methyl sites for hydroxylation is 1. The number of benzene rings is 3. The van der Waals surface area contributed by atoms with Gasteiger partial charge in [0.15, 0.2) is 6.10 Å². The Hall–Kier alpha value is -4.30. The third kappa shape index (κ3) is 5.47. The van der Waals surface area contributed by atoms with Gasteiger partial charge in [0.1, 0.15) is 17.2 Å². The Morgan fingerprint density at radius 3 is 2.23 bits per heavy atom. The van der Waals surface area contributed by atoms with Crippen LogP contribution in [0.1, 0.15) is 29.4 Å². The zero-order valence-electron chi connectivity index (χ0n) is 22.3. The molecule has 0 radical (unpaired) electrons. The first kappa shape index (κ1) is 27.7. The van der Waals surface area contributed by atoms with Crippen LogP contribution in [0.2, 0.25) is 5.02 Å². The van der Waals surface area contributed by atoms with Crippen LogP contribution in [0, 0.1) is 6.92 Å². The molecule has 9 heteroatoms. The van der Waals surface area contributed by atoms with E-state index in [9.17, 15) is 14.4 Å². The molecule has 0 fully saturated rings. The third-order valence-corrected chi connectivity index (χ3v) is 6.78. The summed E-state index contributed by atoms with van der Waals surface area (Å²) in [6.45, 7) is 3.68. The fourth-order valence-electron chi connectivity index (χ4n) is 4.39. The Morgan fingerprint density at radius 2 is 1.62 bits per heavy atom. The second-order valence-corrected chi connectivity index (χ2v) is 9.39. The summed E-state index contributed by atoms with van der Waals surface area (Å²) in [5.41, 5.74) is 2.35. The lowest BCUT2D eigenvalue weighted by Gasteiger charge is -2.21. The first-order valence-electron chi connectivity index (χ1n) is 12.3. The first-order valence-corrected chi connectivity index (χ1v) is 12.7. The lowest BCUT2D eigenvalue weighted by molar-refractivity contribution is -0.124. The predicted octanol–water partition coefficient (Wildman–Crippen LogP) is 5.76. The molecule has 0 aliphatic rings. The Labute approximate surface area is 231 Å². The molecule has 0 saturated heterocycles. The third-order valence-electron chi connectivity index (χ3n) is 6.48. The van der Waals surface area contributed by atoms with Crippen LogP contribution in [0.4, 0.5) is 5.69 Å². The van der Waals surface area contributed by atoms with Crippen LogP contribution < -0.4 is 20.3 Å². The van der Waals surface area contributed by atoms with E-state index in [0.717, 1.165) is 11.1 Å². The minimum absolute atomic E-state index is 0.0545. The number of hydrogen-bond donors (Lipinski definition) is 1. The number of rotatable bonds is 8. The van der Waals surface area contributed by atoms with Crippen molar-refractivity contribution in [3.8, 4) is 22.6 Å². The van der Waals surface area contributed by atoms with Crippen molar-refractivity contribution in [2.24, 2.45) is 7.05 Å². The fourth-order valence-corrected chi connectivity index (χ4v) is 4.64. The van der Waals surface area contributed by atoms with Gasteiger partial charge >= 0.3 is 5.97 Å². The average molecular weight is 549 g/mol. The maximum atomic E-state index is 13.7. The molecule has 0 spiro atoms. The second-order valence-electron chi connectivity index (χ2n) is 8.98. The van der Waals surface area contributed by atoms with Crippen LogP contribution in [0.25, 0.3) is 21.9 Å². The monoisotopic (exact) mass is 548 g/mol. The Bertz CT molecular complexity index is 1610. The lowest BCUT2D eigenvalue weighted by Crippen LogP contribution is -2.34. The number of pyridine rings is 1. The minimum atomic E-state index is -1.16. The molecule has 0 bridgehead atoms. The number of ether oxygens (including phenoxy) is 3. The van der Waals surface area contributed by atoms with Crippen molar-refractivity contribution in [3.05, 3.63) is 87.3 Å². The van der Waals surface area contributed by atoms with Gasteiger partial charge in [0.25, 0.3) is 11.5 Å². The second kappa shape index (κ2) is 11.6. The number of aromatic nitrogens is 1. The first-order chi connectivity index (χ1) is 18.7. The number of methoxy groups -OCH3 is 2. The smallest absolute Gasteiger partial charge is 0.356 e. The van der Waals surface area contributed by atoms with Crippen LogP contribution in [-0.4, -0.2) is 36.8 Å². The summed E-state index contributed by atoms with van der Waals surface area (Å²) < 4.78 is 17.6. The number of carbonyl (C=O) groups is 2. The summed E-state index contributed by atoms with van der Waals surface area (Å²) in [7, 11) is 4.44. The summed E-state index contributed by atoms with van der Waals surface area (Å²) in [5, 5.41) is 4.08. The quantitative estimate of drug-likeness (QED) is 0.281. The molecule has 4 rings (SSSR count). The number of halogens is 1. The normalized spacial score (nSPS) is 11.6. The molecule has 39 heavy (non-hydrogen) atoms. The van der Waals surface area contributed by atoms with Crippen LogP contribution >= 0.6 is 11.6 Å². The number of esters is 1. The fraction of sp³-hybridized carbons (Fsp3) is 0.233. The molecule has 0 aliphatic heterocycles. The van der Waals surface area contributed by atoms with Gasteiger partial charge in [-0.25, -0.2) is 4.79 Å². The van der Waals surface area contributed by atoms with Gasteiger partial charge in [-0.15, -0.1) is 0 Å². The summed E-state index contributed by atoms with van der Waals surface area (Å²) in [4.78, 5) is 40.1. The van der Waals surface area contributed by atoms with E-state index in [1.807, 2.05) is 37.3 Å². The van der Waals surface area contributed by atoms with Crippen LogP contribution in [-0.2, 0) is 16.6 Å². The maximum absolute atomic E-state index is 13.7. The number of amides is 1. The van der Waals surface area contributed by atoms with Gasteiger partial charge in [0.2, 0.25) is 0 Å². The van der Waals surface area contributed by atoms with E-state index < -0.39 is 18.0 Å². The topological polar surface area (TPSA) is 95.9 Å². The zero-order valence-corrected chi connectivity index (χ0v) is 23.1. The van der Waals surface area contributed by atoms with E-state index in [0.29, 0.717) is 33.5 Å². The van der Waals surface area contributed by atoms with Crippen molar-refractivity contribution in [1.82, 2.24) is 4.57 Å². The molecule has 4 aromatic rings. The Morgan fingerprint density at radius 1 is 0.974 bits per heavy atom. The highest BCUT2D eigenvalue weighted by Gasteiger charge is 2.28. The largest absolute Gasteiger partial charge is 0.495 e. The number of fused-ring (bicyclic) bond motifs is 1. The summed E-state index contributed by atoms with van der Waals surface area (Å²) in [6, 6.07) is 17.8. The molecule has 0 saturated carbocycles. The molecule has 3 aromatic carbocycles. The van der Waals surface area contributed by atoms with Gasteiger partial charge < -0.3 is 24.1 Å². The van der Waals surface area contributed by atoms with E-state index in [-0.39, 0.29) is 22.7 Å². The molecule has 1 N–H and O–H groups in total. The van der Waals surface area contributed by atoms with Gasteiger partial charge in [0.05, 0.1) is 24.9 Å². The number of anilines is 1. The molecule has 1 unspecified atom stereocenters. The molecule has 1 aromatic heterocycles. The Kier molecular flexibility index (Phi) is 8.26. The van der Waals surface area contributed by atoms with Crippen LogP contribution in [0.5, 0.6) is 11.5 Å². The zero-order chi connectivity index (χ0) is 28.3. The molecule has 0 aliphatic carbocycles. The maximum Gasteiger partial charge on any atom is 0.356 e. The highest BCUT2D eigenvalue weighted by Crippen LogP contribution is 2.36. The molecular weight excluding hydrogens is 520 g/mol. The predicted molar refractivity (Wildman–Crippen MR) is 152 cm³/mol. The van der Waals surface area contributed by atoms with Crippen molar-refractivity contribution in [2.75, 3.05) is 19.5 Å². The number of nitrogens with zero attached hydrogens (tertiary/aromatic N) is 1. The van der Waals surface area contributed by atoms with Crippen molar-refractivity contribution in [2.45, 2.75) is 26.4 Å². The minimum Gasteiger partial charge on any atom is -0.495 e. The van der Waals surface area contributed by atoms with Crippen LogP contribution in [0.3, 0.4) is 0 Å². The molecular formula is C30H29ClN2O6. The van der Waals surface area contributed by atoms with E-state index >= 15 is 0 Å². The number of carbonyl (C=O) groups excluding carboxylic acids is 2. The number of hydrogen-bond acceptors (Lipinski definition) is 6. The molecule has 1 heterocycles. The SMILES string of the molecule is CCC(OC(=O)c1c(-c2ccc(C)cc2)c2ccccc2c(=O)n1C)C(=O)Nc1cc(Cl)c(OC)cc1OC. The van der Waals surface area contributed by atoms with Crippen molar-refractivity contribution < 1.29 is 23.8 Å².